The minimum absolute atomic E-state index is 1.15. The maximum Gasteiger partial charge on any atom is 0.0782 e. The molecule has 11 aromatic rings. The van der Waals surface area contributed by atoms with Gasteiger partial charge in [-0.25, -0.2) is 0 Å². The van der Waals surface area contributed by atoms with Crippen molar-refractivity contribution in [3.05, 3.63) is 182 Å². The number of rotatable bonds is 4. The van der Waals surface area contributed by atoms with Crippen molar-refractivity contribution >= 4 is 75.1 Å². The van der Waals surface area contributed by atoms with E-state index in [4.69, 9.17) is 0 Å². The van der Waals surface area contributed by atoms with Gasteiger partial charge in [0.05, 0.1) is 27.8 Å². The Morgan fingerprint density at radius 3 is 1.69 bits per heavy atom. The smallest absolute Gasteiger partial charge is 0.0782 e. The van der Waals surface area contributed by atoms with Crippen molar-refractivity contribution in [3.8, 4) is 33.6 Å². The van der Waals surface area contributed by atoms with Crippen molar-refractivity contribution in [2.24, 2.45) is 0 Å². The van der Waals surface area contributed by atoms with Crippen LogP contribution in [0.25, 0.3) is 97.4 Å². The molecule has 0 unspecified atom stereocenters. The fourth-order valence-electron chi connectivity index (χ4n) is 8.26. The van der Waals surface area contributed by atoms with Crippen molar-refractivity contribution < 1.29 is 0 Å². The van der Waals surface area contributed by atoms with E-state index in [1.54, 1.807) is 0 Å². The molecule has 3 aromatic heterocycles. The molecule has 0 bridgehead atoms. The minimum Gasteiger partial charge on any atom is -0.307 e. The second kappa shape index (κ2) is 11.0. The molecular weight excluding hydrogens is 637 g/mol. The van der Waals surface area contributed by atoms with Crippen LogP contribution in [-0.2, 0) is 0 Å². The van der Waals surface area contributed by atoms with Crippen LogP contribution in [0.1, 0.15) is 0 Å². The fraction of sp³-hybridized carbons (Fsp3) is 0. The third kappa shape index (κ3) is 4.22. The van der Waals surface area contributed by atoms with Crippen LogP contribution in [0.2, 0.25) is 0 Å². The van der Waals surface area contributed by atoms with Gasteiger partial charge in [0, 0.05) is 47.4 Å². The topological polar surface area (TPSA) is 9.86 Å². The second-order valence-corrected chi connectivity index (χ2v) is 14.4. The molecule has 0 atom stereocenters. The molecule has 11 rings (SSSR count). The Labute approximate surface area is 298 Å². The maximum atomic E-state index is 2.51. The van der Waals surface area contributed by atoms with E-state index < -0.39 is 0 Å². The first-order valence-electron chi connectivity index (χ1n) is 17.4. The van der Waals surface area contributed by atoms with Crippen LogP contribution < -0.4 is 0 Å². The zero-order chi connectivity index (χ0) is 33.5. The van der Waals surface area contributed by atoms with Gasteiger partial charge in [0.1, 0.15) is 0 Å². The predicted octanol–water partition coefficient (Wildman–Crippen LogP) is 13.6. The summed E-state index contributed by atoms with van der Waals surface area (Å²) in [7, 11) is 0. The van der Waals surface area contributed by atoms with Crippen molar-refractivity contribution in [3.63, 3.8) is 0 Å². The van der Waals surface area contributed by atoms with E-state index in [1.165, 1.54) is 91.7 Å². The van der Waals surface area contributed by atoms with E-state index >= 15 is 0 Å². The molecule has 0 saturated heterocycles. The van der Waals surface area contributed by atoms with E-state index in [0.29, 0.717) is 0 Å². The lowest BCUT2D eigenvalue weighted by atomic mass is 10.0. The molecule has 3 heterocycles. The van der Waals surface area contributed by atoms with Gasteiger partial charge in [-0.05, 0) is 70.8 Å². The summed E-state index contributed by atoms with van der Waals surface area (Å²) < 4.78 is 7.62. The number of aromatic nitrogens is 2. The lowest BCUT2D eigenvalue weighted by Gasteiger charge is -2.15. The van der Waals surface area contributed by atoms with Gasteiger partial charge in [-0.2, -0.15) is 0 Å². The Morgan fingerprint density at radius 2 is 0.961 bits per heavy atom. The van der Waals surface area contributed by atoms with Crippen molar-refractivity contribution in [2.45, 2.75) is 0 Å². The predicted molar refractivity (Wildman–Crippen MR) is 219 cm³/mol. The number of nitrogens with zero attached hydrogens (tertiary/aromatic N) is 2. The Hall–Kier alpha value is -6.42. The number of para-hydroxylation sites is 3. The van der Waals surface area contributed by atoms with E-state index in [2.05, 4.69) is 191 Å². The average Bonchev–Trinajstić information content (AvgIpc) is 3.86. The van der Waals surface area contributed by atoms with Crippen LogP contribution in [-0.4, -0.2) is 9.13 Å². The molecule has 0 saturated carbocycles. The summed E-state index contributed by atoms with van der Waals surface area (Å²) in [5, 5.41) is 7.70. The summed E-state index contributed by atoms with van der Waals surface area (Å²) in [5.41, 5.74) is 12.1. The second-order valence-electron chi connectivity index (χ2n) is 13.3. The average molecular weight is 667 g/mol. The Balaban J connectivity index is 1.28. The minimum atomic E-state index is 1.15. The van der Waals surface area contributed by atoms with E-state index in [9.17, 15) is 0 Å². The highest BCUT2D eigenvalue weighted by Crippen LogP contribution is 2.46. The number of hydrogen-bond donors (Lipinski definition) is 0. The molecular formula is C48H30N2S. The molecule has 0 fully saturated rings. The molecule has 51 heavy (non-hydrogen) atoms. The van der Waals surface area contributed by atoms with Gasteiger partial charge < -0.3 is 9.13 Å². The maximum absolute atomic E-state index is 2.51. The van der Waals surface area contributed by atoms with E-state index in [1.807, 2.05) is 11.3 Å². The van der Waals surface area contributed by atoms with Crippen LogP contribution in [0, 0.1) is 0 Å². The SMILES string of the molecule is c1ccc(-c2cccc(-n3c4ccc5c6cc(-c7ccccc7)ccc6sc5c4c4cccc(-n5c6ccccc6c6ccccc65)c43)c2)cc1. The van der Waals surface area contributed by atoms with Gasteiger partial charge >= 0.3 is 0 Å². The van der Waals surface area contributed by atoms with Crippen LogP contribution in [0.15, 0.2) is 182 Å². The number of hydrogen-bond acceptors (Lipinski definition) is 1. The molecule has 238 valence electrons. The number of fused-ring (bicyclic) bond motifs is 10. The summed E-state index contributed by atoms with van der Waals surface area (Å²) in [6.45, 7) is 0. The van der Waals surface area contributed by atoms with Crippen LogP contribution >= 0.6 is 11.3 Å². The number of benzene rings is 8. The Bertz CT molecular complexity index is 3070. The molecule has 0 aliphatic heterocycles. The quantitative estimate of drug-likeness (QED) is 0.177. The van der Waals surface area contributed by atoms with Gasteiger partial charge in [0.2, 0.25) is 0 Å². The lowest BCUT2D eigenvalue weighted by Crippen LogP contribution is -2.00. The molecule has 8 aromatic carbocycles. The summed E-state index contributed by atoms with van der Waals surface area (Å²) in [6, 6.07) is 66.5. The molecule has 0 radical (unpaired) electrons. The lowest BCUT2D eigenvalue weighted by molar-refractivity contribution is 1.13. The highest BCUT2D eigenvalue weighted by Gasteiger charge is 2.22. The standard InChI is InChI=1S/C48H30N2S/c1-3-13-31(14-4-1)33-17-11-18-35(29-33)49-43-27-26-38-40-30-34(32-15-5-2-6-16-32)25-28-45(40)51-48(38)46(43)39-21-12-24-44(47(39)49)50-41-22-9-7-19-36(41)37-20-8-10-23-42(37)50/h1-30H. The highest BCUT2D eigenvalue weighted by atomic mass is 32.1. The molecule has 3 heteroatoms. The van der Waals surface area contributed by atoms with Gasteiger partial charge in [0.15, 0.2) is 0 Å². The van der Waals surface area contributed by atoms with Gasteiger partial charge in [-0.1, -0.05) is 133 Å². The molecule has 0 spiro atoms. The summed E-state index contributed by atoms with van der Waals surface area (Å²) >= 11 is 1.91. The first-order chi connectivity index (χ1) is 25.3. The molecule has 0 aliphatic rings. The zero-order valence-electron chi connectivity index (χ0n) is 27.6. The Morgan fingerprint density at radius 1 is 0.353 bits per heavy atom. The largest absolute Gasteiger partial charge is 0.307 e. The molecule has 0 amide bonds. The van der Waals surface area contributed by atoms with Crippen molar-refractivity contribution in [2.75, 3.05) is 0 Å². The van der Waals surface area contributed by atoms with Crippen molar-refractivity contribution in [1.82, 2.24) is 9.13 Å². The van der Waals surface area contributed by atoms with Gasteiger partial charge in [0.25, 0.3) is 0 Å². The molecule has 0 aliphatic carbocycles. The summed E-state index contributed by atoms with van der Waals surface area (Å²) in [5.74, 6) is 0. The molecule has 0 N–H and O–H groups in total. The molecule has 2 nitrogen and oxygen atoms in total. The van der Waals surface area contributed by atoms with Gasteiger partial charge in [-0.15, -0.1) is 11.3 Å². The fourth-order valence-corrected chi connectivity index (χ4v) is 9.50. The van der Waals surface area contributed by atoms with Crippen LogP contribution in [0.3, 0.4) is 0 Å². The zero-order valence-corrected chi connectivity index (χ0v) is 28.4. The van der Waals surface area contributed by atoms with Gasteiger partial charge in [-0.3, -0.25) is 0 Å². The third-order valence-corrected chi connectivity index (χ3v) is 11.7. The van der Waals surface area contributed by atoms with E-state index in [-0.39, 0.29) is 0 Å². The van der Waals surface area contributed by atoms with Crippen LogP contribution in [0.4, 0.5) is 0 Å². The first kappa shape index (κ1) is 28.4. The normalized spacial score (nSPS) is 11.9. The number of thiophene rings is 1. The van der Waals surface area contributed by atoms with Crippen LogP contribution in [0.5, 0.6) is 0 Å². The summed E-state index contributed by atoms with van der Waals surface area (Å²) in [6.07, 6.45) is 0. The third-order valence-electron chi connectivity index (χ3n) is 10.5. The van der Waals surface area contributed by atoms with E-state index in [0.717, 1.165) is 5.69 Å². The highest BCUT2D eigenvalue weighted by molar-refractivity contribution is 7.26. The van der Waals surface area contributed by atoms with Crippen molar-refractivity contribution in [1.29, 1.82) is 0 Å². The first-order valence-corrected chi connectivity index (χ1v) is 18.3. The monoisotopic (exact) mass is 666 g/mol. The summed E-state index contributed by atoms with van der Waals surface area (Å²) in [4.78, 5) is 0. The Kier molecular flexibility index (Phi) is 6.16.